The smallest absolute Gasteiger partial charge is 0.243 e. The Balaban J connectivity index is 2.19. The zero-order valence-electron chi connectivity index (χ0n) is 13.2. The number of anilines is 1. The van der Waals surface area contributed by atoms with Crippen LogP contribution in [0.2, 0.25) is 0 Å². The molecule has 1 aromatic carbocycles. The van der Waals surface area contributed by atoms with E-state index in [1.165, 1.54) is 6.42 Å². The number of benzene rings is 1. The molecule has 1 aliphatic carbocycles. The molecule has 0 bridgehead atoms. The van der Waals surface area contributed by atoms with Crippen LogP contribution in [0.4, 0.5) is 5.69 Å². The number of nitrogens with zero attached hydrogens (tertiary/aromatic N) is 1. The van der Waals surface area contributed by atoms with E-state index < -0.39 is 10.0 Å². The van der Waals surface area contributed by atoms with Gasteiger partial charge < -0.3 is 5.73 Å². The van der Waals surface area contributed by atoms with E-state index in [0.29, 0.717) is 10.6 Å². The third-order valence-electron chi connectivity index (χ3n) is 4.66. The Bertz CT molecular complexity index is 570. The minimum absolute atomic E-state index is 0.111. The Morgan fingerprint density at radius 3 is 2.33 bits per heavy atom. The van der Waals surface area contributed by atoms with Crippen LogP contribution in [-0.2, 0) is 10.0 Å². The molecular formula is C16H26N2O2S. The number of hydrogen-bond acceptors (Lipinski definition) is 3. The lowest BCUT2D eigenvalue weighted by Crippen LogP contribution is -2.39. The first-order valence-corrected chi connectivity index (χ1v) is 9.13. The second-order valence-electron chi connectivity index (χ2n) is 6.18. The SMILES string of the molecule is CCC1CCC(N(C)S(=O)(=O)c2cc(C)cc(N)c2)CC1. The highest BCUT2D eigenvalue weighted by Crippen LogP contribution is 2.31. The van der Waals surface area contributed by atoms with Gasteiger partial charge in [-0.1, -0.05) is 13.3 Å². The highest BCUT2D eigenvalue weighted by Gasteiger charge is 2.31. The van der Waals surface area contributed by atoms with Crippen molar-refractivity contribution in [3.63, 3.8) is 0 Å². The topological polar surface area (TPSA) is 63.4 Å². The van der Waals surface area contributed by atoms with Gasteiger partial charge in [0.25, 0.3) is 0 Å². The quantitative estimate of drug-likeness (QED) is 0.869. The maximum Gasteiger partial charge on any atom is 0.243 e. The number of nitrogen functional groups attached to an aromatic ring is 1. The predicted molar refractivity (Wildman–Crippen MR) is 86.6 cm³/mol. The van der Waals surface area contributed by atoms with Crippen LogP contribution in [0.5, 0.6) is 0 Å². The monoisotopic (exact) mass is 310 g/mol. The van der Waals surface area contributed by atoms with Crippen molar-refractivity contribution in [2.75, 3.05) is 12.8 Å². The Labute approximate surface area is 128 Å². The molecule has 0 aliphatic heterocycles. The molecule has 0 amide bonds. The van der Waals surface area contributed by atoms with E-state index in [4.69, 9.17) is 5.73 Å². The fourth-order valence-corrected chi connectivity index (χ4v) is 4.76. The maximum absolute atomic E-state index is 12.8. The van der Waals surface area contributed by atoms with Gasteiger partial charge in [-0.25, -0.2) is 8.42 Å². The molecule has 0 unspecified atom stereocenters. The largest absolute Gasteiger partial charge is 0.399 e. The summed E-state index contributed by atoms with van der Waals surface area (Å²) in [6.07, 6.45) is 5.34. The second-order valence-corrected chi connectivity index (χ2v) is 8.18. The Hall–Kier alpha value is -1.07. The molecule has 5 heteroatoms. The van der Waals surface area contributed by atoms with Crippen LogP contribution in [-0.4, -0.2) is 25.8 Å². The first-order valence-electron chi connectivity index (χ1n) is 7.69. The Morgan fingerprint density at radius 1 is 1.19 bits per heavy atom. The fraction of sp³-hybridized carbons (Fsp3) is 0.625. The van der Waals surface area contributed by atoms with Crippen LogP contribution in [0.3, 0.4) is 0 Å². The molecule has 118 valence electrons. The standard InChI is InChI=1S/C16H26N2O2S/c1-4-13-5-7-15(8-6-13)18(3)21(19,20)16-10-12(2)9-14(17)11-16/h9-11,13,15H,4-8,17H2,1-3H3. The highest BCUT2D eigenvalue weighted by molar-refractivity contribution is 7.89. The van der Waals surface area contributed by atoms with Gasteiger partial charge in [-0.15, -0.1) is 0 Å². The van der Waals surface area contributed by atoms with Gasteiger partial charge in [0.2, 0.25) is 10.0 Å². The first kappa shape index (κ1) is 16.3. The zero-order chi connectivity index (χ0) is 15.6. The van der Waals surface area contributed by atoms with Gasteiger partial charge in [0.05, 0.1) is 4.90 Å². The van der Waals surface area contributed by atoms with Gasteiger partial charge in [-0.05, 0) is 62.3 Å². The van der Waals surface area contributed by atoms with E-state index in [9.17, 15) is 8.42 Å². The van der Waals surface area contributed by atoms with E-state index in [2.05, 4.69) is 6.92 Å². The van der Waals surface area contributed by atoms with E-state index in [1.54, 1.807) is 29.6 Å². The summed E-state index contributed by atoms with van der Waals surface area (Å²) >= 11 is 0. The van der Waals surface area contributed by atoms with Gasteiger partial charge in [-0.2, -0.15) is 4.31 Å². The molecule has 0 radical (unpaired) electrons. The van der Waals surface area contributed by atoms with Crippen LogP contribution in [0, 0.1) is 12.8 Å². The lowest BCUT2D eigenvalue weighted by atomic mass is 9.85. The number of hydrogen-bond donors (Lipinski definition) is 1. The molecule has 1 aromatic rings. The number of sulfonamides is 1. The molecule has 0 saturated heterocycles. The number of nitrogens with two attached hydrogens (primary N) is 1. The van der Waals surface area contributed by atoms with E-state index >= 15 is 0 Å². The number of aryl methyl sites for hydroxylation is 1. The van der Waals surface area contributed by atoms with Gasteiger partial charge in [0, 0.05) is 18.8 Å². The minimum atomic E-state index is -3.45. The van der Waals surface area contributed by atoms with Crippen LogP contribution in [0.1, 0.15) is 44.6 Å². The van der Waals surface area contributed by atoms with Crippen molar-refractivity contribution >= 4 is 15.7 Å². The molecule has 1 fully saturated rings. The highest BCUT2D eigenvalue weighted by atomic mass is 32.2. The summed E-state index contributed by atoms with van der Waals surface area (Å²) in [4.78, 5) is 0.306. The molecule has 21 heavy (non-hydrogen) atoms. The van der Waals surface area contributed by atoms with Gasteiger partial charge in [-0.3, -0.25) is 0 Å². The molecule has 0 heterocycles. The summed E-state index contributed by atoms with van der Waals surface area (Å²) < 4.78 is 27.1. The molecule has 1 aliphatic rings. The van der Waals surface area contributed by atoms with Gasteiger partial charge >= 0.3 is 0 Å². The predicted octanol–water partition coefficient (Wildman–Crippen LogP) is 3.17. The molecule has 4 nitrogen and oxygen atoms in total. The van der Waals surface area contributed by atoms with Crippen LogP contribution < -0.4 is 5.73 Å². The van der Waals surface area contributed by atoms with Crippen LogP contribution >= 0.6 is 0 Å². The van der Waals surface area contributed by atoms with Crippen molar-refractivity contribution in [1.82, 2.24) is 4.31 Å². The second kappa shape index (κ2) is 6.36. The first-order chi connectivity index (χ1) is 9.84. The molecular weight excluding hydrogens is 284 g/mol. The summed E-state index contributed by atoms with van der Waals surface area (Å²) in [5.41, 5.74) is 7.16. The van der Waals surface area contributed by atoms with Gasteiger partial charge in [0.1, 0.15) is 0 Å². The van der Waals surface area contributed by atoms with Crippen LogP contribution in [0.15, 0.2) is 23.1 Å². The minimum Gasteiger partial charge on any atom is -0.399 e. The molecule has 1 saturated carbocycles. The van der Waals surface area contributed by atoms with E-state index in [0.717, 1.165) is 37.2 Å². The average molecular weight is 310 g/mol. The average Bonchev–Trinajstić information content (AvgIpc) is 2.45. The summed E-state index contributed by atoms with van der Waals surface area (Å²) in [7, 11) is -1.76. The third kappa shape index (κ3) is 3.58. The van der Waals surface area contributed by atoms with Crippen molar-refractivity contribution < 1.29 is 8.42 Å². The Kier molecular flexibility index (Phi) is 4.94. The zero-order valence-corrected chi connectivity index (χ0v) is 14.0. The maximum atomic E-state index is 12.8. The Morgan fingerprint density at radius 2 is 1.81 bits per heavy atom. The fourth-order valence-electron chi connectivity index (χ4n) is 3.20. The normalized spacial score (nSPS) is 23.4. The van der Waals surface area contributed by atoms with Crippen molar-refractivity contribution in [1.29, 1.82) is 0 Å². The van der Waals surface area contributed by atoms with Crippen molar-refractivity contribution in [3.8, 4) is 0 Å². The summed E-state index contributed by atoms with van der Waals surface area (Å²) in [5, 5.41) is 0. The van der Waals surface area contributed by atoms with E-state index in [-0.39, 0.29) is 6.04 Å². The molecule has 2 rings (SSSR count). The lowest BCUT2D eigenvalue weighted by molar-refractivity contribution is 0.233. The summed E-state index contributed by atoms with van der Waals surface area (Å²) in [5.74, 6) is 0.756. The summed E-state index contributed by atoms with van der Waals surface area (Å²) in [6.45, 7) is 4.07. The van der Waals surface area contributed by atoms with E-state index in [1.807, 2.05) is 6.92 Å². The van der Waals surface area contributed by atoms with Crippen LogP contribution in [0.25, 0.3) is 0 Å². The lowest BCUT2D eigenvalue weighted by Gasteiger charge is -2.33. The summed E-state index contributed by atoms with van der Waals surface area (Å²) in [6, 6.07) is 5.14. The van der Waals surface area contributed by atoms with Crippen molar-refractivity contribution in [2.24, 2.45) is 5.92 Å². The third-order valence-corrected chi connectivity index (χ3v) is 6.55. The van der Waals surface area contributed by atoms with Crippen molar-refractivity contribution in [2.45, 2.75) is 56.9 Å². The molecule has 0 spiro atoms. The number of rotatable bonds is 4. The van der Waals surface area contributed by atoms with Gasteiger partial charge in [0.15, 0.2) is 0 Å². The molecule has 0 aromatic heterocycles. The molecule has 2 N–H and O–H groups in total. The van der Waals surface area contributed by atoms with Crippen molar-refractivity contribution in [3.05, 3.63) is 23.8 Å². The molecule has 0 atom stereocenters.